The zero-order valence-corrected chi connectivity index (χ0v) is 14.3. The summed E-state index contributed by atoms with van der Waals surface area (Å²) in [6.45, 7) is 4.68. The maximum atomic E-state index is 12.6. The molecular formula is C17H19NO5S. The second-order valence-corrected chi connectivity index (χ2v) is 7.29. The second kappa shape index (κ2) is 6.60. The van der Waals surface area contributed by atoms with Crippen LogP contribution in [0.3, 0.4) is 0 Å². The molecule has 0 fully saturated rings. The van der Waals surface area contributed by atoms with E-state index < -0.39 is 10.0 Å². The van der Waals surface area contributed by atoms with E-state index in [9.17, 15) is 8.42 Å². The molecule has 24 heavy (non-hydrogen) atoms. The average molecular weight is 349 g/mol. The van der Waals surface area contributed by atoms with Gasteiger partial charge in [-0.2, -0.15) is 0 Å². The summed E-state index contributed by atoms with van der Waals surface area (Å²) in [5, 5.41) is 0. The van der Waals surface area contributed by atoms with E-state index in [1.165, 1.54) is 12.1 Å². The van der Waals surface area contributed by atoms with Crippen LogP contribution in [0, 0.1) is 0 Å². The van der Waals surface area contributed by atoms with Crippen molar-refractivity contribution in [1.29, 1.82) is 0 Å². The number of nitrogens with one attached hydrogen (secondary N) is 1. The molecule has 0 unspecified atom stereocenters. The molecular weight excluding hydrogens is 330 g/mol. The number of rotatable bonds is 5. The summed E-state index contributed by atoms with van der Waals surface area (Å²) in [7, 11) is -3.73. The molecule has 0 aliphatic carbocycles. The number of anilines is 1. The molecule has 0 amide bonds. The molecule has 1 aliphatic rings. The molecule has 7 heteroatoms. The number of sulfonamides is 1. The normalized spacial score (nSPS) is 13.6. The minimum atomic E-state index is -3.73. The van der Waals surface area contributed by atoms with Crippen LogP contribution in [0.1, 0.15) is 13.8 Å². The molecule has 0 saturated heterocycles. The molecule has 0 radical (unpaired) electrons. The minimum Gasteiger partial charge on any atom is -0.491 e. The molecule has 1 heterocycles. The van der Waals surface area contributed by atoms with Gasteiger partial charge in [-0.05, 0) is 38.1 Å². The van der Waals surface area contributed by atoms with Crippen molar-refractivity contribution in [2.24, 2.45) is 0 Å². The summed E-state index contributed by atoms with van der Waals surface area (Å²) in [4.78, 5) is 0.113. The molecule has 2 aromatic carbocycles. The smallest absolute Gasteiger partial charge is 0.262 e. The van der Waals surface area contributed by atoms with Gasteiger partial charge < -0.3 is 14.2 Å². The summed E-state index contributed by atoms with van der Waals surface area (Å²) in [5.74, 6) is 1.58. The lowest BCUT2D eigenvalue weighted by Gasteiger charge is -2.19. The maximum Gasteiger partial charge on any atom is 0.262 e. The first-order valence-corrected chi connectivity index (χ1v) is 9.11. The largest absolute Gasteiger partial charge is 0.491 e. The number of hydrogen-bond acceptors (Lipinski definition) is 5. The third kappa shape index (κ3) is 3.73. The van der Waals surface area contributed by atoms with Gasteiger partial charge in [0.25, 0.3) is 10.0 Å². The van der Waals surface area contributed by atoms with E-state index in [2.05, 4.69) is 4.72 Å². The van der Waals surface area contributed by atoms with Gasteiger partial charge in [0.15, 0.2) is 11.5 Å². The zero-order chi connectivity index (χ0) is 17.2. The molecule has 0 aromatic heterocycles. The predicted molar refractivity (Wildman–Crippen MR) is 90.4 cm³/mol. The Kier molecular flexibility index (Phi) is 4.53. The molecule has 6 nitrogen and oxygen atoms in total. The predicted octanol–water partition coefficient (Wildman–Crippen LogP) is 3.05. The van der Waals surface area contributed by atoms with Gasteiger partial charge in [-0.25, -0.2) is 8.42 Å². The van der Waals surface area contributed by atoms with Crippen molar-refractivity contribution in [3.05, 3.63) is 42.5 Å². The average Bonchev–Trinajstić information content (AvgIpc) is 2.53. The van der Waals surface area contributed by atoms with E-state index in [1.54, 1.807) is 30.3 Å². The summed E-state index contributed by atoms with van der Waals surface area (Å²) < 4.78 is 44.1. The van der Waals surface area contributed by atoms with Gasteiger partial charge in [0.1, 0.15) is 19.0 Å². The molecule has 0 saturated carbocycles. The highest BCUT2D eigenvalue weighted by Gasteiger charge is 2.19. The summed E-state index contributed by atoms with van der Waals surface area (Å²) in [5.41, 5.74) is 0.433. The van der Waals surface area contributed by atoms with Crippen molar-refractivity contribution in [1.82, 2.24) is 0 Å². The fourth-order valence-electron chi connectivity index (χ4n) is 2.31. The number of ether oxygens (including phenoxy) is 3. The third-order valence-corrected chi connectivity index (χ3v) is 4.66. The first kappa shape index (κ1) is 16.4. The summed E-state index contributed by atoms with van der Waals surface area (Å²) in [6.07, 6.45) is 0.00894. The monoisotopic (exact) mass is 349 g/mol. The minimum absolute atomic E-state index is 0.00894. The quantitative estimate of drug-likeness (QED) is 0.898. The van der Waals surface area contributed by atoms with Crippen LogP contribution in [0.4, 0.5) is 5.69 Å². The lowest BCUT2D eigenvalue weighted by atomic mass is 10.3. The van der Waals surface area contributed by atoms with Crippen LogP contribution in [0.2, 0.25) is 0 Å². The Labute approximate surface area is 141 Å². The highest BCUT2D eigenvalue weighted by Crippen LogP contribution is 2.33. The molecule has 128 valence electrons. The van der Waals surface area contributed by atoms with E-state index >= 15 is 0 Å². The number of hydrogen-bond donors (Lipinski definition) is 1. The molecule has 2 aromatic rings. The molecule has 0 spiro atoms. The van der Waals surface area contributed by atoms with Gasteiger partial charge in [0.05, 0.1) is 16.7 Å². The van der Waals surface area contributed by atoms with Gasteiger partial charge in [-0.1, -0.05) is 6.07 Å². The highest BCUT2D eigenvalue weighted by molar-refractivity contribution is 7.92. The first-order chi connectivity index (χ1) is 11.4. The van der Waals surface area contributed by atoms with Crippen LogP contribution in [-0.2, 0) is 10.0 Å². The Morgan fingerprint density at radius 1 is 1.04 bits per heavy atom. The first-order valence-electron chi connectivity index (χ1n) is 7.63. The summed E-state index contributed by atoms with van der Waals surface area (Å²) >= 11 is 0. The van der Waals surface area contributed by atoms with Crippen LogP contribution < -0.4 is 18.9 Å². The fraction of sp³-hybridized carbons (Fsp3) is 0.294. The zero-order valence-electron chi connectivity index (χ0n) is 13.5. The van der Waals surface area contributed by atoms with Crippen LogP contribution in [-0.4, -0.2) is 27.7 Å². The third-order valence-electron chi connectivity index (χ3n) is 3.28. The number of fused-ring (bicyclic) bond motifs is 1. The van der Waals surface area contributed by atoms with Crippen LogP contribution >= 0.6 is 0 Å². The van der Waals surface area contributed by atoms with Crippen LogP contribution in [0.25, 0.3) is 0 Å². The van der Waals surface area contributed by atoms with E-state index in [0.29, 0.717) is 36.1 Å². The number of benzene rings is 2. The van der Waals surface area contributed by atoms with E-state index in [0.717, 1.165) is 0 Å². The molecule has 0 bridgehead atoms. The Bertz CT molecular complexity index is 833. The Hall–Kier alpha value is -2.41. The molecule has 1 N–H and O–H groups in total. The maximum absolute atomic E-state index is 12.6. The van der Waals surface area contributed by atoms with E-state index in [-0.39, 0.29) is 11.0 Å². The molecule has 0 atom stereocenters. The standard InChI is InChI=1S/C17H19NO5S/c1-12(2)23-14-5-3-4-13(10-14)18-24(19,20)15-6-7-16-17(11-15)22-9-8-21-16/h3-7,10-12,18H,8-9H2,1-2H3. The summed E-state index contributed by atoms with van der Waals surface area (Å²) in [6, 6.07) is 11.4. The van der Waals surface area contributed by atoms with Crippen LogP contribution in [0.5, 0.6) is 17.2 Å². The van der Waals surface area contributed by atoms with Gasteiger partial charge >= 0.3 is 0 Å². The van der Waals surface area contributed by atoms with Crippen molar-refractivity contribution in [2.45, 2.75) is 24.8 Å². The fourth-order valence-corrected chi connectivity index (χ4v) is 3.37. The highest BCUT2D eigenvalue weighted by atomic mass is 32.2. The lowest BCUT2D eigenvalue weighted by Crippen LogP contribution is -2.17. The Morgan fingerprint density at radius 2 is 1.79 bits per heavy atom. The van der Waals surface area contributed by atoms with E-state index in [1.807, 2.05) is 13.8 Å². The van der Waals surface area contributed by atoms with Gasteiger partial charge in [-0.15, -0.1) is 0 Å². The molecule has 1 aliphatic heterocycles. The van der Waals surface area contributed by atoms with Crippen molar-refractivity contribution in [2.75, 3.05) is 17.9 Å². The molecule has 3 rings (SSSR count). The van der Waals surface area contributed by atoms with Gasteiger partial charge in [0, 0.05) is 12.1 Å². The van der Waals surface area contributed by atoms with Gasteiger partial charge in [-0.3, -0.25) is 4.72 Å². The Morgan fingerprint density at radius 3 is 2.54 bits per heavy atom. The Balaban J connectivity index is 1.83. The second-order valence-electron chi connectivity index (χ2n) is 5.61. The van der Waals surface area contributed by atoms with Gasteiger partial charge in [0.2, 0.25) is 0 Å². The van der Waals surface area contributed by atoms with Crippen molar-refractivity contribution < 1.29 is 22.6 Å². The topological polar surface area (TPSA) is 73.9 Å². The van der Waals surface area contributed by atoms with Crippen LogP contribution in [0.15, 0.2) is 47.4 Å². The van der Waals surface area contributed by atoms with Crippen molar-refractivity contribution in [3.8, 4) is 17.2 Å². The van der Waals surface area contributed by atoms with E-state index in [4.69, 9.17) is 14.2 Å². The SMILES string of the molecule is CC(C)Oc1cccc(NS(=O)(=O)c2ccc3c(c2)OCCO3)c1. The lowest BCUT2D eigenvalue weighted by molar-refractivity contribution is 0.171. The van der Waals surface area contributed by atoms with Crippen molar-refractivity contribution in [3.63, 3.8) is 0 Å². The van der Waals surface area contributed by atoms with Crippen molar-refractivity contribution >= 4 is 15.7 Å².